The van der Waals surface area contributed by atoms with Crippen LogP contribution in [0.2, 0.25) is 0 Å². The molecule has 2 aromatic rings. The van der Waals surface area contributed by atoms with E-state index < -0.39 is 14.1 Å². The normalized spacial score (nSPS) is 15.3. The van der Waals surface area contributed by atoms with Gasteiger partial charge in [-0.3, -0.25) is 5.32 Å². The Bertz CT molecular complexity index is 526. The summed E-state index contributed by atoms with van der Waals surface area (Å²) in [6.07, 6.45) is -0.574. The molecule has 0 aliphatic heterocycles. The Morgan fingerprint density at radius 1 is 1.10 bits per heavy atom. The largest absolute Gasteiger partial charge is 0.387 e. The van der Waals surface area contributed by atoms with Gasteiger partial charge >= 0.3 is 0 Å². The highest BCUT2D eigenvalue weighted by molar-refractivity contribution is 7.84. The second-order valence-electron chi connectivity index (χ2n) is 4.78. The molecule has 0 heterocycles. The first-order valence-corrected chi connectivity index (χ1v) is 8.20. The maximum absolute atomic E-state index is 10.2. The number of rotatable bonds is 7. The number of benzene rings is 2. The molecule has 0 aliphatic rings. The molecule has 2 N–H and O–H groups in total. The average Bonchev–Trinajstić information content (AvgIpc) is 2.55. The zero-order chi connectivity index (χ0) is 15.1. The third-order valence-electron chi connectivity index (χ3n) is 3.23. The average molecular weight is 299 g/mol. The van der Waals surface area contributed by atoms with E-state index in [2.05, 4.69) is 5.32 Å². The lowest BCUT2D eigenvalue weighted by Gasteiger charge is -2.22. The predicted molar refractivity (Wildman–Crippen MR) is 88.7 cm³/mol. The lowest BCUT2D eigenvalue weighted by atomic mass is 10.0. The molecule has 2 rings (SSSR count). The quantitative estimate of drug-likeness (QED) is 0.469. The highest BCUT2D eigenvalue weighted by atomic mass is 31.1. The van der Waals surface area contributed by atoms with Crippen LogP contribution in [0.1, 0.15) is 18.6 Å². The van der Waals surface area contributed by atoms with Gasteiger partial charge in [0.05, 0.1) is 6.10 Å². The Hall–Kier alpha value is -1.19. The summed E-state index contributed by atoms with van der Waals surface area (Å²) in [4.78, 5) is 0. The fraction of sp³-hybridized carbons (Fsp3) is 0.250. The maximum Gasteiger partial charge on any atom is 0.155 e. The van der Waals surface area contributed by atoms with Gasteiger partial charge in [-0.25, -0.2) is 0 Å². The van der Waals surface area contributed by atoms with Gasteiger partial charge in [0.2, 0.25) is 0 Å². The van der Waals surface area contributed by atoms with Crippen molar-refractivity contribution in [2.75, 3.05) is 6.73 Å². The van der Waals surface area contributed by atoms with Crippen LogP contribution in [0.15, 0.2) is 60.7 Å². The third kappa shape index (κ3) is 4.94. The Morgan fingerprint density at radius 3 is 2.29 bits per heavy atom. The van der Waals surface area contributed by atoms with Crippen LogP contribution in [-0.2, 0) is 4.52 Å². The summed E-state index contributed by atoms with van der Waals surface area (Å²) in [5, 5.41) is 14.4. The molecule has 0 saturated heterocycles. The Balaban J connectivity index is 1.78. The van der Waals surface area contributed by atoms with Crippen LogP contribution in [0.25, 0.3) is 0 Å². The molecule has 0 fully saturated rings. The van der Waals surface area contributed by atoms with Crippen molar-refractivity contribution < 1.29 is 9.63 Å². The Kier molecular flexibility index (Phi) is 6.40. The van der Waals surface area contributed by atoms with Crippen molar-refractivity contribution in [3.05, 3.63) is 66.2 Å². The van der Waals surface area contributed by atoms with Gasteiger partial charge in [0.25, 0.3) is 0 Å². The van der Waals surface area contributed by atoms with Gasteiger partial charge in [0.15, 0.2) is 7.57 Å². The highest BCUT2D eigenvalue weighted by Crippen LogP contribution is 2.28. The minimum Gasteiger partial charge on any atom is -0.387 e. The van der Waals surface area contributed by atoms with Crippen molar-refractivity contribution in [3.8, 4) is 0 Å². The lowest BCUT2D eigenvalue weighted by molar-refractivity contribution is 0.123. The summed E-state index contributed by atoms with van der Waals surface area (Å²) in [6.45, 7) is 2.23. The van der Waals surface area contributed by atoms with Gasteiger partial charge < -0.3 is 9.63 Å². The van der Waals surface area contributed by atoms with Gasteiger partial charge in [-0.1, -0.05) is 60.7 Å². The molecular formula is C16H19BNO2P. The van der Waals surface area contributed by atoms with Crippen LogP contribution in [0, 0.1) is 0 Å². The minimum atomic E-state index is -1.12. The zero-order valence-electron chi connectivity index (χ0n) is 12.0. The van der Waals surface area contributed by atoms with Crippen molar-refractivity contribution in [1.82, 2.24) is 5.32 Å². The van der Waals surface area contributed by atoms with Gasteiger partial charge in [-0.15, -0.1) is 0 Å². The molecule has 0 spiro atoms. The van der Waals surface area contributed by atoms with E-state index in [0.29, 0.717) is 6.73 Å². The fourth-order valence-electron chi connectivity index (χ4n) is 1.94. The van der Waals surface area contributed by atoms with Crippen LogP contribution < -0.4 is 10.6 Å². The number of nitrogens with one attached hydrogen (secondary N) is 1. The first-order valence-electron chi connectivity index (χ1n) is 6.87. The molecule has 0 aromatic heterocycles. The minimum absolute atomic E-state index is 0.119. The molecule has 3 atom stereocenters. The summed E-state index contributed by atoms with van der Waals surface area (Å²) in [5.41, 5.74) is 0.885. The molecule has 2 aromatic carbocycles. The first-order chi connectivity index (χ1) is 10.2. The van der Waals surface area contributed by atoms with E-state index in [1.54, 1.807) is 0 Å². The van der Waals surface area contributed by atoms with E-state index in [-0.39, 0.29) is 6.04 Å². The first kappa shape index (κ1) is 16.2. The van der Waals surface area contributed by atoms with Gasteiger partial charge in [0.1, 0.15) is 6.73 Å². The maximum atomic E-state index is 10.2. The van der Waals surface area contributed by atoms with Gasteiger partial charge in [0, 0.05) is 14.1 Å². The molecule has 0 aliphatic carbocycles. The van der Waals surface area contributed by atoms with Crippen molar-refractivity contribution in [2.24, 2.45) is 0 Å². The molecule has 108 valence electrons. The zero-order valence-corrected chi connectivity index (χ0v) is 12.9. The summed E-state index contributed by atoms with van der Waals surface area (Å²) in [7, 11) is 4.88. The van der Waals surface area contributed by atoms with E-state index in [4.69, 9.17) is 12.1 Å². The summed E-state index contributed by atoms with van der Waals surface area (Å²) in [6, 6.07) is 19.2. The standard InChI is InChI=1S/C16H19BNO2P/c1-13(16(19)14-8-4-2-5-9-14)18-12-20-21(17)15-10-6-3-7-11-15/h2-11,13,16,18-19H,12H2,1H3/t13-,16-,21?/m1/s1. The summed E-state index contributed by atoms with van der Waals surface area (Å²) in [5.74, 6) is 0. The van der Waals surface area contributed by atoms with Crippen LogP contribution in [0.4, 0.5) is 0 Å². The van der Waals surface area contributed by atoms with Crippen molar-refractivity contribution >= 4 is 20.9 Å². The smallest absolute Gasteiger partial charge is 0.155 e. The lowest BCUT2D eigenvalue weighted by Crippen LogP contribution is -2.33. The molecule has 2 radical (unpaired) electrons. The van der Waals surface area contributed by atoms with E-state index in [1.807, 2.05) is 67.6 Å². The Labute approximate surface area is 128 Å². The SMILES string of the molecule is [B]P(OCN[C@H](C)[C@@H](O)c1ccccc1)c1ccccc1. The van der Waals surface area contributed by atoms with Crippen LogP contribution in [0.5, 0.6) is 0 Å². The second kappa shape index (κ2) is 8.30. The van der Waals surface area contributed by atoms with Crippen molar-refractivity contribution in [3.63, 3.8) is 0 Å². The van der Waals surface area contributed by atoms with E-state index in [1.165, 1.54) is 0 Å². The molecule has 5 heteroatoms. The van der Waals surface area contributed by atoms with Gasteiger partial charge in [-0.05, 0) is 17.8 Å². The van der Waals surface area contributed by atoms with Crippen LogP contribution in [-0.4, -0.2) is 25.4 Å². The number of aliphatic hydroxyl groups excluding tert-OH is 1. The van der Waals surface area contributed by atoms with Gasteiger partial charge in [-0.2, -0.15) is 0 Å². The van der Waals surface area contributed by atoms with Crippen molar-refractivity contribution in [2.45, 2.75) is 19.1 Å². The topological polar surface area (TPSA) is 41.5 Å². The molecule has 1 unspecified atom stereocenters. The molecule has 3 nitrogen and oxygen atoms in total. The predicted octanol–water partition coefficient (Wildman–Crippen LogP) is 2.48. The molecule has 0 amide bonds. The second-order valence-corrected chi connectivity index (χ2v) is 6.21. The highest BCUT2D eigenvalue weighted by Gasteiger charge is 2.15. The van der Waals surface area contributed by atoms with E-state index >= 15 is 0 Å². The van der Waals surface area contributed by atoms with Crippen LogP contribution >= 0.6 is 8.03 Å². The summed E-state index contributed by atoms with van der Waals surface area (Å²) >= 11 is 0. The number of aliphatic hydroxyl groups is 1. The van der Waals surface area contributed by atoms with E-state index in [0.717, 1.165) is 10.9 Å². The molecule has 0 saturated carbocycles. The third-order valence-corrected chi connectivity index (χ3v) is 4.45. The Morgan fingerprint density at radius 2 is 1.67 bits per heavy atom. The van der Waals surface area contributed by atoms with Crippen molar-refractivity contribution in [1.29, 1.82) is 0 Å². The monoisotopic (exact) mass is 299 g/mol. The number of hydrogen-bond acceptors (Lipinski definition) is 3. The fourth-order valence-corrected chi connectivity index (χ4v) is 2.77. The van der Waals surface area contributed by atoms with Crippen LogP contribution in [0.3, 0.4) is 0 Å². The van der Waals surface area contributed by atoms with E-state index in [9.17, 15) is 5.11 Å². The molecule has 21 heavy (non-hydrogen) atoms. The summed E-state index contributed by atoms with van der Waals surface area (Å²) < 4.78 is 5.61. The molecular weight excluding hydrogens is 280 g/mol. The number of hydrogen-bond donors (Lipinski definition) is 2. The molecule has 0 bridgehead atoms.